The van der Waals surface area contributed by atoms with Crippen molar-refractivity contribution >= 4 is 33.4 Å². The highest BCUT2D eigenvalue weighted by Gasteiger charge is 2.28. The van der Waals surface area contributed by atoms with Gasteiger partial charge in [-0.15, -0.1) is 0 Å². The number of amides is 2. The van der Waals surface area contributed by atoms with Crippen LogP contribution in [0, 0.1) is 5.92 Å². The Morgan fingerprint density at radius 1 is 1.03 bits per heavy atom. The van der Waals surface area contributed by atoms with Crippen LogP contribution in [-0.2, 0) is 0 Å². The van der Waals surface area contributed by atoms with E-state index in [0.29, 0.717) is 29.0 Å². The molecule has 1 saturated heterocycles. The maximum absolute atomic E-state index is 13.0. The first-order valence-corrected chi connectivity index (χ1v) is 11.0. The van der Waals surface area contributed by atoms with Gasteiger partial charge in [0.25, 0.3) is 11.8 Å². The van der Waals surface area contributed by atoms with Crippen molar-refractivity contribution in [3.8, 4) is 0 Å². The third kappa shape index (κ3) is 5.06. The fourth-order valence-corrected chi connectivity index (χ4v) is 4.19. The van der Waals surface area contributed by atoms with Crippen molar-refractivity contribution in [2.45, 2.75) is 18.9 Å². The van der Waals surface area contributed by atoms with Crippen LogP contribution >= 0.6 is 15.9 Å². The summed E-state index contributed by atoms with van der Waals surface area (Å²) in [5.74, 6) is -0.150. The van der Waals surface area contributed by atoms with E-state index in [9.17, 15) is 14.7 Å². The molecular weight excluding hydrogens is 460 g/mol. The molecule has 7 heteroatoms. The zero-order valence-electron chi connectivity index (χ0n) is 16.8. The Labute approximate surface area is 189 Å². The molecule has 31 heavy (non-hydrogen) atoms. The summed E-state index contributed by atoms with van der Waals surface area (Å²) in [6, 6.07) is 19.8. The minimum absolute atomic E-state index is 0.0792. The van der Waals surface area contributed by atoms with E-state index < -0.39 is 6.10 Å². The number of furan rings is 1. The largest absolute Gasteiger partial charge is 0.444 e. The number of hydrogen-bond acceptors (Lipinski definition) is 4. The molecule has 1 aliphatic rings. The van der Waals surface area contributed by atoms with Crippen molar-refractivity contribution in [3.05, 3.63) is 88.3 Å². The van der Waals surface area contributed by atoms with Crippen molar-refractivity contribution in [2.24, 2.45) is 5.92 Å². The summed E-state index contributed by atoms with van der Waals surface area (Å²) >= 11 is 3.17. The van der Waals surface area contributed by atoms with Crippen LogP contribution in [-0.4, -0.2) is 34.9 Å². The Kier molecular flexibility index (Phi) is 6.53. The van der Waals surface area contributed by atoms with Crippen molar-refractivity contribution in [1.29, 1.82) is 0 Å². The Morgan fingerprint density at radius 3 is 2.45 bits per heavy atom. The van der Waals surface area contributed by atoms with Gasteiger partial charge in [-0.1, -0.05) is 36.4 Å². The molecule has 2 N–H and O–H groups in total. The third-order valence-electron chi connectivity index (χ3n) is 5.58. The van der Waals surface area contributed by atoms with Gasteiger partial charge in [-0.25, -0.2) is 0 Å². The number of carbonyl (C=O) groups excluding carboxylic acids is 2. The van der Waals surface area contributed by atoms with Crippen molar-refractivity contribution < 1.29 is 19.1 Å². The lowest BCUT2D eigenvalue weighted by Crippen LogP contribution is -2.39. The van der Waals surface area contributed by atoms with Crippen LogP contribution in [0.15, 0.2) is 75.8 Å². The van der Waals surface area contributed by atoms with Crippen molar-refractivity contribution in [2.75, 3.05) is 18.4 Å². The van der Waals surface area contributed by atoms with Crippen LogP contribution in [0.4, 0.5) is 5.69 Å². The van der Waals surface area contributed by atoms with E-state index in [1.54, 1.807) is 41.3 Å². The van der Waals surface area contributed by atoms with Gasteiger partial charge in [-0.05, 0) is 70.6 Å². The van der Waals surface area contributed by atoms with Gasteiger partial charge in [-0.2, -0.15) is 0 Å². The quantitative estimate of drug-likeness (QED) is 0.542. The first-order valence-electron chi connectivity index (χ1n) is 10.2. The van der Waals surface area contributed by atoms with Crippen LogP contribution in [0.1, 0.15) is 45.4 Å². The van der Waals surface area contributed by atoms with E-state index in [2.05, 4.69) is 21.2 Å². The molecule has 1 fully saturated rings. The highest BCUT2D eigenvalue weighted by atomic mass is 79.9. The van der Waals surface area contributed by atoms with Crippen LogP contribution in [0.2, 0.25) is 0 Å². The molecule has 2 aromatic carbocycles. The molecule has 1 aromatic heterocycles. The molecule has 3 aromatic rings. The van der Waals surface area contributed by atoms with Gasteiger partial charge in [0.15, 0.2) is 10.4 Å². The predicted molar refractivity (Wildman–Crippen MR) is 121 cm³/mol. The molecule has 2 amide bonds. The first kappa shape index (κ1) is 21.3. The van der Waals surface area contributed by atoms with E-state index in [1.807, 2.05) is 30.3 Å². The second kappa shape index (κ2) is 9.49. The van der Waals surface area contributed by atoms with Gasteiger partial charge in [0.05, 0.1) is 6.10 Å². The molecule has 1 atom stereocenters. The molecule has 4 rings (SSSR count). The van der Waals surface area contributed by atoms with Crippen LogP contribution in [0.3, 0.4) is 0 Å². The number of piperidine rings is 1. The van der Waals surface area contributed by atoms with E-state index >= 15 is 0 Å². The summed E-state index contributed by atoms with van der Waals surface area (Å²) in [6.07, 6.45) is 0.968. The van der Waals surface area contributed by atoms with Gasteiger partial charge < -0.3 is 19.7 Å². The molecule has 0 bridgehead atoms. The standard InChI is InChI=1S/C24H23BrN2O4/c25-21-10-9-20(31-21)23(29)26-19-8-4-7-18(15-19)24(30)27-13-11-17(12-14-27)22(28)16-5-2-1-3-6-16/h1-10,15,17,22,28H,11-14H2,(H,26,29). The fraction of sp³-hybridized carbons (Fsp3) is 0.250. The Balaban J connectivity index is 1.37. The van der Waals surface area contributed by atoms with E-state index in [0.717, 1.165) is 18.4 Å². The molecule has 1 aliphatic heterocycles. The SMILES string of the molecule is O=C(Nc1cccc(C(=O)N2CCC(C(O)c3ccccc3)CC2)c1)c1ccc(Br)o1. The van der Waals surface area contributed by atoms with Crippen LogP contribution in [0.25, 0.3) is 0 Å². The Hall–Kier alpha value is -2.90. The number of aliphatic hydroxyl groups is 1. The maximum atomic E-state index is 13.0. The summed E-state index contributed by atoms with van der Waals surface area (Å²) in [7, 11) is 0. The Bertz CT molecular complexity index is 1060. The zero-order valence-corrected chi connectivity index (χ0v) is 18.4. The average molecular weight is 483 g/mol. The number of carbonyl (C=O) groups is 2. The number of hydrogen-bond donors (Lipinski definition) is 2. The zero-order chi connectivity index (χ0) is 21.8. The minimum Gasteiger partial charge on any atom is -0.444 e. The molecular formula is C24H23BrN2O4. The van der Waals surface area contributed by atoms with Gasteiger partial charge in [0.1, 0.15) is 0 Å². The second-order valence-electron chi connectivity index (χ2n) is 7.62. The van der Waals surface area contributed by atoms with E-state index in [-0.39, 0.29) is 23.5 Å². The fourth-order valence-electron chi connectivity index (χ4n) is 3.88. The lowest BCUT2D eigenvalue weighted by molar-refractivity contribution is 0.0462. The lowest BCUT2D eigenvalue weighted by atomic mass is 9.87. The summed E-state index contributed by atoms with van der Waals surface area (Å²) < 4.78 is 5.74. The molecule has 1 unspecified atom stereocenters. The molecule has 6 nitrogen and oxygen atoms in total. The number of nitrogens with one attached hydrogen (secondary N) is 1. The summed E-state index contributed by atoms with van der Waals surface area (Å²) in [5.41, 5.74) is 1.96. The monoisotopic (exact) mass is 482 g/mol. The normalized spacial score (nSPS) is 15.5. The molecule has 0 aliphatic carbocycles. The number of anilines is 1. The molecule has 160 valence electrons. The smallest absolute Gasteiger partial charge is 0.291 e. The minimum atomic E-state index is -0.515. The average Bonchev–Trinajstić information content (AvgIpc) is 3.25. The molecule has 0 radical (unpaired) electrons. The second-order valence-corrected chi connectivity index (χ2v) is 8.41. The summed E-state index contributed by atoms with van der Waals surface area (Å²) in [4.78, 5) is 27.1. The number of halogens is 1. The number of nitrogens with zero attached hydrogens (tertiary/aromatic N) is 1. The number of rotatable bonds is 5. The number of aliphatic hydroxyl groups excluding tert-OH is 1. The lowest BCUT2D eigenvalue weighted by Gasteiger charge is -2.34. The summed E-state index contributed by atoms with van der Waals surface area (Å²) in [5, 5.41) is 13.4. The molecule has 0 saturated carbocycles. The third-order valence-corrected chi connectivity index (χ3v) is 6.01. The summed E-state index contributed by atoms with van der Waals surface area (Å²) in [6.45, 7) is 1.18. The van der Waals surface area contributed by atoms with Crippen LogP contribution in [0.5, 0.6) is 0 Å². The topological polar surface area (TPSA) is 82.8 Å². The van der Waals surface area contributed by atoms with Crippen molar-refractivity contribution in [3.63, 3.8) is 0 Å². The first-order chi connectivity index (χ1) is 15.0. The van der Waals surface area contributed by atoms with E-state index in [1.165, 1.54) is 0 Å². The van der Waals surface area contributed by atoms with Gasteiger partial charge >= 0.3 is 0 Å². The van der Waals surface area contributed by atoms with Gasteiger partial charge in [-0.3, -0.25) is 9.59 Å². The number of benzene rings is 2. The maximum Gasteiger partial charge on any atom is 0.291 e. The highest BCUT2D eigenvalue weighted by molar-refractivity contribution is 9.10. The molecule has 2 heterocycles. The van der Waals surface area contributed by atoms with E-state index in [4.69, 9.17) is 4.42 Å². The van der Waals surface area contributed by atoms with Crippen LogP contribution < -0.4 is 5.32 Å². The van der Waals surface area contributed by atoms with Crippen molar-refractivity contribution in [1.82, 2.24) is 4.90 Å². The molecule has 0 spiro atoms. The van der Waals surface area contributed by atoms with Gasteiger partial charge in [0.2, 0.25) is 0 Å². The number of likely N-dealkylation sites (tertiary alicyclic amines) is 1. The Morgan fingerprint density at radius 2 is 1.77 bits per heavy atom. The predicted octanol–water partition coefficient (Wildman–Crippen LogP) is 4.88. The highest BCUT2D eigenvalue weighted by Crippen LogP contribution is 2.31. The van der Waals surface area contributed by atoms with Gasteiger partial charge in [0, 0.05) is 24.3 Å².